The predicted octanol–water partition coefficient (Wildman–Crippen LogP) is 3.87. The van der Waals surface area contributed by atoms with E-state index in [1.54, 1.807) is 13.2 Å². The van der Waals surface area contributed by atoms with E-state index in [4.69, 9.17) is 9.47 Å². The van der Waals surface area contributed by atoms with Gasteiger partial charge in [-0.15, -0.1) is 0 Å². The number of carbonyl (C=O) groups excluding carboxylic acids is 1. The Labute approximate surface area is 119 Å². The van der Waals surface area contributed by atoms with Crippen molar-refractivity contribution in [2.45, 2.75) is 20.0 Å². The van der Waals surface area contributed by atoms with Gasteiger partial charge in [0.05, 0.1) is 7.11 Å². The van der Waals surface area contributed by atoms with Crippen molar-refractivity contribution in [1.29, 1.82) is 0 Å². The van der Waals surface area contributed by atoms with Gasteiger partial charge in [-0.1, -0.05) is 31.2 Å². The van der Waals surface area contributed by atoms with Crippen LogP contribution in [0.2, 0.25) is 0 Å². The molecule has 0 heterocycles. The Hall–Kier alpha value is -2.29. The van der Waals surface area contributed by atoms with Crippen molar-refractivity contribution in [2.24, 2.45) is 0 Å². The molecule has 3 nitrogen and oxygen atoms in total. The first-order valence-electron chi connectivity index (χ1n) is 6.62. The summed E-state index contributed by atoms with van der Waals surface area (Å²) in [5, 5.41) is 0. The van der Waals surface area contributed by atoms with Crippen LogP contribution in [0, 0.1) is 0 Å². The van der Waals surface area contributed by atoms with Crippen molar-refractivity contribution >= 4 is 5.78 Å². The molecule has 0 aromatic heterocycles. The van der Waals surface area contributed by atoms with Gasteiger partial charge in [0.25, 0.3) is 0 Å². The van der Waals surface area contributed by atoms with Crippen molar-refractivity contribution in [3.63, 3.8) is 0 Å². The standard InChI is InChI=1S/C17H18O3/c1-3-17(18)14-7-5-9-16(11-14)20-12-13-6-4-8-15(10-13)19-2/h4-11H,3,12H2,1-2H3. The van der Waals surface area contributed by atoms with Crippen LogP contribution in [0.15, 0.2) is 48.5 Å². The van der Waals surface area contributed by atoms with E-state index in [1.165, 1.54) is 0 Å². The normalized spacial score (nSPS) is 10.1. The third-order valence-electron chi connectivity index (χ3n) is 3.02. The molecule has 0 bridgehead atoms. The summed E-state index contributed by atoms with van der Waals surface area (Å²) in [5.74, 6) is 1.63. The van der Waals surface area contributed by atoms with Crippen molar-refractivity contribution in [2.75, 3.05) is 7.11 Å². The number of ketones is 1. The summed E-state index contributed by atoms with van der Waals surface area (Å²) in [6, 6.07) is 15.0. The van der Waals surface area contributed by atoms with E-state index in [-0.39, 0.29) is 5.78 Å². The maximum atomic E-state index is 11.7. The molecule has 0 amide bonds. The Morgan fingerprint density at radius 1 is 1.05 bits per heavy atom. The average Bonchev–Trinajstić information content (AvgIpc) is 2.52. The summed E-state index contributed by atoms with van der Waals surface area (Å²) in [4.78, 5) is 11.7. The quantitative estimate of drug-likeness (QED) is 0.747. The van der Waals surface area contributed by atoms with Crippen LogP contribution in [0.25, 0.3) is 0 Å². The van der Waals surface area contributed by atoms with Crippen LogP contribution < -0.4 is 9.47 Å². The zero-order valence-corrected chi connectivity index (χ0v) is 11.8. The lowest BCUT2D eigenvalue weighted by atomic mass is 10.1. The van der Waals surface area contributed by atoms with Gasteiger partial charge in [0, 0.05) is 12.0 Å². The molecule has 0 aliphatic carbocycles. The van der Waals surface area contributed by atoms with E-state index in [2.05, 4.69) is 0 Å². The molecule has 20 heavy (non-hydrogen) atoms. The molecule has 0 aliphatic heterocycles. The average molecular weight is 270 g/mol. The van der Waals surface area contributed by atoms with Gasteiger partial charge in [-0.2, -0.15) is 0 Å². The monoisotopic (exact) mass is 270 g/mol. The molecule has 0 aliphatic rings. The van der Waals surface area contributed by atoms with E-state index in [1.807, 2.05) is 49.4 Å². The van der Waals surface area contributed by atoms with Gasteiger partial charge in [0.15, 0.2) is 5.78 Å². The van der Waals surface area contributed by atoms with E-state index in [0.29, 0.717) is 24.3 Å². The van der Waals surface area contributed by atoms with Gasteiger partial charge >= 0.3 is 0 Å². The maximum absolute atomic E-state index is 11.7. The Balaban J connectivity index is 2.05. The molecule has 104 valence electrons. The molecule has 0 fully saturated rings. The van der Waals surface area contributed by atoms with Gasteiger partial charge in [0.1, 0.15) is 18.1 Å². The van der Waals surface area contributed by atoms with Crippen molar-refractivity contribution in [1.82, 2.24) is 0 Å². The second-order valence-corrected chi connectivity index (χ2v) is 4.44. The van der Waals surface area contributed by atoms with Gasteiger partial charge in [-0.25, -0.2) is 0 Å². The fourth-order valence-corrected chi connectivity index (χ4v) is 1.89. The van der Waals surface area contributed by atoms with Crippen LogP contribution in [0.5, 0.6) is 11.5 Å². The van der Waals surface area contributed by atoms with Gasteiger partial charge in [-0.3, -0.25) is 4.79 Å². The summed E-state index contributed by atoms with van der Waals surface area (Å²) in [6.07, 6.45) is 0.499. The first kappa shape index (κ1) is 14.1. The highest BCUT2D eigenvalue weighted by Gasteiger charge is 2.04. The highest BCUT2D eigenvalue weighted by atomic mass is 16.5. The number of hydrogen-bond acceptors (Lipinski definition) is 3. The lowest BCUT2D eigenvalue weighted by Crippen LogP contribution is -1.99. The molecule has 0 saturated carbocycles. The Morgan fingerprint density at radius 2 is 1.80 bits per heavy atom. The smallest absolute Gasteiger partial charge is 0.162 e. The summed E-state index contributed by atoms with van der Waals surface area (Å²) in [5.41, 5.74) is 1.72. The molecule has 0 radical (unpaired) electrons. The summed E-state index contributed by atoms with van der Waals surface area (Å²) in [6.45, 7) is 2.30. The van der Waals surface area contributed by atoms with Crippen molar-refractivity contribution < 1.29 is 14.3 Å². The minimum Gasteiger partial charge on any atom is -0.497 e. The maximum Gasteiger partial charge on any atom is 0.162 e. The Kier molecular flexibility index (Phi) is 4.77. The number of Topliss-reactive ketones (excluding diaryl/α,β-unsaturated/α-hetero) is 1. The molecule has 0 spiro atoms. The summed E-state index contributed by atoms with van der Waals surface area (Å²) in [7, 11) is 1.64. The number of benzene rings is 2. The fourth-order valence-electron chi connectivity index (χ4n) is 1.89. The molecular formula is C17H18O3. The lowest BCUT2D eigenvalue weighted by molar-refractivity contribution is 0.0987. The number of rotatable bonds is 6. The number of carbonyl (C=O) groups is 1. The van der Waals surface area contributed by atoms with Crippen LogP contribution >= 0.6 is 0 Å². The first-order chi connectivity index (χ1) is 9.72. The van der Waals surface area contributed by atoms with Crippen molar-refractivity contribution in [3.05, 3.63) is 59.7 Å². The van der Waals surface area contributed by atoms with Crippen molar-refractivity contribution in [3.8, 4) is 11.5 Å². The Morgan fingerprint density at radius 3 is 2.55 bits per heavy atom. The molecule has 3 heteroatoms. The molecule has 2 aromatic carbocycles. The third kappa shape index (κ3) is 3.60. The van der Waals surface area contributed by atoms with E-state index in [0.717, 1.165) is 11.3 Å². The second kappa shape index (κ2) is 6.75. The zero-order chi connectivity index (χ0) is 14.4. The number of ether oxygens (including phenoxy) is 2. The minimum absolute atomic E-state index is 0.122. The number of methoxy groups -OCH3 is 1. The molecule has 0 unspecified atom stereocenters. The SMILES string of the molecule is CCC(=O)c1cccc(OCc2cccc(OC)c2)c1. The van der Waals surface area contributed by atoms with Crippen LogP contribution in [-0.4, -0.2) is 12.9 Å². The van der Waals surface area contributed by atoms with E-state index in [9.17, 15) is 4.79 Å². The highest BCUT2D eigenvalue weighted by molar-refractivity contribution is 5.96. The molecule has 2 rings (SSSR count). The molecular weight excluding hydrogens is 252 g/mol. The van der Waals surface area contributed by atoms with Gasteiger partial charge in [-0.05, 0) is 29.8 Å². The largest absolute Gasteiger partial charge is 0.497 e. The molecule has 2 aromatic rings. The van der Waals surface area contributed by atoms with Gasteiger partial charge < -0.3 is 9.47 Å². The van der Waals surface area contributed by atoms with E-state index >= 15 is 0 Å². The fraction of sp³-hybridized carbons (Fsp3) is 0.235. The third-order valence-corrected chi connectivity index (χ3v) is 3.02. The summed E-state index contributed by atoms with van der Waals surface area (Å²) < 4.78 is 10.9. The van der Waals surface area contributed by atoms with Gasteiger partial charge in [0.2, 0.25) is 0 Å². The Bertz CT molecular complexity index is 590. The minimum atomic E-state index is 0.122. The van der Waals surface area contributed by atoms with Crippen LogP contribution in [-0.2, 0) is 6.61 Å². The van der Waals surface area contributed by atoms with Crippen LogP contribution in [0.3, 0.4) is 0 Å². The summed E-state index contributed by atoms with van der Waals surface area (Å²) >= 11 is 0. The highest BCUT2D eigenvalue weighted by Crippen LogP contribution is 2.18. The van der Waals surface area contributed by atoms with Crippen LogP contribution in [0.4, 0.5) is 0 Å². The number of hydrogen-bond donors (Lipinski definition) is 0. The predicted molar refractivity (Wildman–Crippen MR) is 78.4 cm³/mol. The molecule has 0 N–H and O–H groups in total. The first-order valence-corrected chi connectivity index (χ1v) is 6.62. The lowest BCUT2D eigenvalue weighted by Gasteiger charge is -2.08. The topological polar surface area (TPSA) is 35.5 Å². The van der Waals surface area contributed by atoms with Crippen LogP contribution in [0.1, 0.15) is 29.3 Å². The van der Waals surface area contributed by atoms with E-state index < -0.39 is 0 Å². The molecule has 0 atom stereocenters. The molecule has 0 saturated heterocycles. The zero-order valence-electron chi connectivity index (χ0n) is 11.8. The second-order valence-electron chi connectivity index (χ2n) is 4.44.